The van der Waals surface area contributed by atoms with Crippen LogP contribution in [0.15, 0.2) is 24.0 Å². The number of rotatable bonds is 6. The maximum atomic E-state index is 12.3. The van der Waals surface area contributed by atoms with Gasteiger partial charge in [0.05, 0.1) is 12.2 Å². The van der Waals surface area contributed by atoms with Crippen LogP contribution in [0.2, 0.25) is 0 Å². The summed E-state index contributed by atoms with van der Waals surface area (Å²) in [5.41, 5.74) is 2.53. The van der Waals surface area contributed by atoms with Crippen LogP contribution >= 0.6 is 0 Å². The van der Waals surface area contributed by atoms with E-state index in [0.717, 1.165) is 31.7 Å². The Balaban J connectivity index is 1.51. The van der Waals surface area contributed by atoms with E-state index in [1.54, 1.807) is 0 Å². The van der Waals surface area contributed by atoms with Crippen LogP contribution in [0, 0.1) is 5.92 Å². The maximum Gasteiger partial charge on any atom is 0.223 e. The molecule has 0 aromatic carbocycles. The van der Waals surface area contributed by atoms with E-state index in [-0.39, 0.29) is 11.9 Å². The molecule has 0 bridgehead atoms. The number of piperidine rings is 1. The average Bonchev–Trinajstić information content (AvgIpc) is 3.15. The first-order chi connectivity index (χ1) is 12.4. The Morgan fingerprint density at radius 3 is 2.65 bits per heavy atom. The zero-order valence-corrected chi connectivity index (χ0v) is 16.6. The highest BCUT2D eigenvalue weighted by Crippen LogP contribution is 2.36. The first-order valence-electron chi connectivity index (χ1n) is 9.77. The van der Waals surface area contributed by atoms with Gasteiger partial charge in [0.2, 0.25) is 5.91 Å². The molecule has 2 saturated heterocycles. The van der Waals surface area contributed by atoms with E-state index in [9.17, 15) is 4.79 Å². The second-order valence-corrected chi connectivity index (χ2v) is 8.13. The van der Waals surface area contributed by atoms with Gasteiger partial charge in [-0.25, -0.2) is 0 Å². The van der Waals surface area contributed by atoms with Crippen molar-refractivity contribution in [1.82, 2.24) is 24.9 Å². The molecule has 6 heteroatoms. The van der Waals surface area contributed by atoms with Crippen LogP contribution < -0.4 is 5.32 Å². The Hall–Kier alpha value is -1.66. The third-order valence-electron chi connectivity index (χ3n) is 5.77. The van der Waals surface area contributed by atoms with Gasteiger partial charge in [0.25, 0.3) is 0 Å². The molecule has 144 valence electrons. The van der Waals surface area contributed by atoms with Crippen LogP contribution in [0.3, 0.4) is 0 Å². The number of allylic oxidation sites excluding steroid dienone is 1. The Morgan fingerprint density at radius 2 is 2.04 bits per heavy atom. The van der Waals surface area contributed by atoms with Gasteiger partial charge in [-0.05, 0) is 39.8 Å². The molecule has 2 aliphatic heterocycles. The highest BCUT2D eigenvalue weighted by Gasteiger charge is 2.39. The number of hydrogen-bond acceptors (Lipinski definition) is 4. The quantitative estimate of drug-likeness (QED) is 0.789. The van der Waals surface area contributed by atoms with E-state index in [1.807, 2.05) is 36.1 Å². The number of carbonyl (C=O) groups excluding carboxylic acids is 1. The van der Waals surface area contributed by atoms with Crippen molar-refractivity contribution in [3.05, 3.63) is 29.6 Å². The molecule has 3 rings (SSSR count). The summed E-state index contributed by atoms with van der Waals surface area (Å²) in [6.07, 6.45) is 9.24. The smallest absolute Gasteiger partial charge is 0.223 e. The predicted molar refractivity (Wildman–Crippen MR) is 104 cm³/mol. The number of aryl methyl sites for hydroxylation is 1. The van der Waals surface area contributed by atoms with E-state index in [4.69, 9.17) is 0 Å². The molecule has 2 fully saturated rings. The van der Waals surface area contributed by atoms with Crippen molar-refractivity contribution in [2.75, 3.05) is 33.2 Å². The molecule has 1 amide bonds. The van der Waals surface area contributed by atoms with E-state index < -0.39 is 0 Å². The van der Waals surface area contributed by atoms with Gasteiger partial charge in [0.15, 0.2) is 0 Å². The molecule has 2 aliphatic rings. The lowest BCUT2D eigenvalue weighted by molar-refractivity contribution is -0.127. The molecule has 0 aliphatic carbocycles. The van der Waals surface area contributed by atoms with Gasteiger partial charge in [-0.3, -0.25) is 14.4 Å². The summed E-state index contributed by atoms with van der Waals surface area (Å²) in [7, 11) is 3.85. The summed E-state index contributed by atoms with van der Waals surface area (Å²) in [5.74, 6) is 0.558. The van der Waals surface area contributed by atoms with Gasteiger partial charge in [0.1, 0.15) is 0 Å². The van der Waals surface area contributed by atoms with Crippen LogP contribution in [-0.2, 0) is 11.8 Å². The Kier molecular flexibility index (Phi) is 6.14. The Labute approximate surface area is 157 Å². The monoisotopic (exact) mass is 359 g/mol. The molecule has 0 radical (unpaired) electrons. The molecule has 0 unspecified atom stereocenters. The van der Waals surface area contributed by atoms with Crippen molar-refractivity contribution in [3.63, 3.8) is 0 Å². The van der Waals surface area contributed by atoms with Crippen molar-refractivity contribution in [3.8, 4) is 0 Å². The lowest BCUT2D eigenvalue weighted by Gasteiger charge is -2.33. The third-order valence-corrected chi connectivity index (χ3v) is 5.77. The largest absolute Gasteiger partial charge is 0.338 e. The fourth-order valence-electron chi connectivity index (χ4n) is 4.17. The molecular weight excluding hydrogens is 326 g/mol. The molecular formula is C20H33N5O. The van der Waals surface area contributed by atoms with Crippen LogP contribution in [-0.4, -0.2) is 64.8 Å². The Morgan fingerprint density at radius 1 is 1.31 bits per heavy atom. The minimum atomic E-state index is 0.140. The molecule has 1 aromatic heterocycles. The van der Waals surface area contributed by atoms with Gasteiger partial charge in [-0.1, -0.05) is 11.6 Å². The SMILES string of the molecule is CC(C)=CCN1CCC(NC[C@@H]2CC(=O)N(C)[C@H]2c2cnn(C)c2)CC1. The number of aromatic nitrogens is 2. The summed E-state index contributed by atoms with van der Waals surface area (Å²) in [4.78, 5) is 16.7. The molecule has 1 N–H and O–H groups in total. The standard InChI is InChI=1S/C20H33N5O/c1-15(2)5-8-25-9-6-18(7-10-25)21-12-16-11-19(26)24(4)20(16)17-13-22-23(3)14-17/h5,13-14,16,18,20-21H,6-12H2,1-4H3/t16-,20+/m0/s1. The number of amides is 1. The van der Waals surface area contributed by atoms with E-state index in [2.05, 4.69) is 35.2 Å². The normalized spacial score (nSPS) is 25.1. The van der Waals surface area contributed by atoms with E-state index in [1.165, 1.54) is 18.4 Å². The minimum absolute atomic E-state index is 0.140. The zero-order valence-electron chi connectivity index (χ0n) is 16.6. The van der Waals surface area contributed by atoms with Crippen molar-refractivity contribution in [2.24, 2.45) is 13.0 Å². The van der Waals surface area contributed by atoms with Crippen LogP contribution in [0.4, 0.5) is 0 Å². The van der Waals surface area contributed by atoms with Crippen molar-refractivity contribution < 1.29 is 4.79 Å². The molecule has 0 saturated carbocycles. The zero-order chi connectivity index (χ0) is 18.7. The summed E-state index contributed by atoms with van der Waals surface area (Å²) < 4.78 is 1.82. The summed E-state index contributed by atoms with van der Waals surface area (Å²) >= 11 is 0. The number of likely N-dealkylation sites (tertiary alicyclic amines) is 2. The lowest BCUT2D eigenvalue weighted by Crippen LogP contribution is -2.44. The van der Waals surface area contributed by atoms with Crippen molar-refractivity contribution >= 4 is 5.91 Å². The second-order valence-electron chi connectivity index (χ2n) is 8.13. The highest BCUT2D eigenvalue weighted by molar-refractivity contribution is 5.79. The van der Waals surface area contributed by atoms with Crippen LogP contribution in [0.1, 0.15) is 44.7 Å². The number of hydrogen-bond donors (Lipinski definition) is 1. The minimum Gasteiger partial charge on any atom is -0.338 e. The van der Waals surface area contributed by atoms with Crippen molar-refractivity contribution in [1.29, 1.82) is 0 Å². The fourth-order valence-corrected chi connectivity index (χ4v) is 4.17. The van der Waals surface area contributed by atoms with Gasteiger partial charge in [0, 0.05) is 57.3 Å². The molecule has 3 heterocycles. The summed E-state index contributed by atoms with van der Waals surface area (Å²) in [6.45, 7) is 8.59. The molecule has 0 spiro atoms. The first kappa shape index (κ1) is 19.1. The second kappa shape index (κ2) is 8.35. The topological polar surface area (TPSA) is 53.4 Å². The Bertz CT molecular complexity index is 640. The maximum absolute atomic E-state index is 12.3. The number of nitrogens with one attached hydrogen (secondary N) is 1. The summed E-state index contributed by atoms with van der Waals surface area (Å²) in [6, 6.07) is 0.704. The lowest BCUT2D eigenvalue weighted by atomic mass is 9.94. The average molecular weight is 360 g/mol. The van der Waals surface area contributed by atoms with Crippen LogP contribution in [0.25, 0.3) is 0 Å². The molecule has 2 atom stereocenters. The highest BCUT2D eigenvalue weighted by atomic mass is 16.2. The van der Waals surface area contributed by atoms with E-state index in [0.29, 0.717) is 18.4 Å². The molecule has 6 nitrogen and oxygen atoms in total. The van der Waals surface area contributed by atoms with Gasteiger partial charge >= 0.3 is 0 Å². The number of nitrogens with zero attached hydrogens (tertiary/aromatic N) is 4. The van der Waals surface area contributed by atoms with Crippen molar-refractivity contribution in [2.45, 2.75) is 45.2 Å². The molecule has 1 aromatic rings. The molecule has 26 heavy (non-hydrogen) atoms. The third kappa shape index (κ3) is 4.54. The van der Waals surface area contributed by atoms with E-state index >= 15 is 0 Å². The van der Waals surface area contributed by atoms with Crippen LogP contribution in [0.5, 0.6) is 0 Å². The van der Waals surface area contributed by atoms with Gasteiger partial charge in [-0.2, -0.15) is 5.10 Å². The first-order valence-corrected chi connectivity index (χ1v) is 9.77. The van der Waals surface area contributed by atoms with Gasteiger partial charge < -0.3 is 10.2 Å². The predicted octanol–water partition coefficient (Wildman–Crippen LogP) is 1.96. The fraction of sp³-hybridized carbons (Fsp3) is 0.700. The van der Waals surface area contributed by atoms with Gasteiger partial charge in [-0.15, -0.1) is 0 Å². The number of carbonyl (C=O) groups is 1. The summed E-state index contributed by atoms with van der Waals surface area (Å²) in [5, 5.41) is 8.04.